The summed E-state index contributed by atoms with van der Waals surface area (Å²) < 4.78 is 16.4. The number of rotatable bonds is 11. The molecule has 4 rings (SSSR count). The highest BCUT2D eigenvalue weighted by Gasteiger charge is 2.48. The van der Waals surface area contributed by atoms with Crippen LogP contribution in [-0.2, 0) is 19.9 Å². The van der Waals surface area contributed by atoms with Crippen molar-refractivity contribution in [2.45, 2.75) is 69.1 Å². The van der Waals surface area contributed by atoms with Crippen molar-refractivity contribution in [3.8, 4) is 5.75 Å². The predicted octanol–water partition coefficient (Wildman–Crippen LogP) is 5.57. The fraction of sp³-hybridized carbons (Fsp3) is 0.516. The van der Waals surface area contributed by atoms with Crippen LogP contribution in [0.1, 0.15) is 67.3 Å². The minimum Gasteiger partial charge on any atom is -0.496 e. The minimum absolute atomic E-state index is 0.133. The molecule has 2 fully saturated rings. The molecule has 0 radical (unpaired) electrons. The number of hydrogen-bond donors (Lipinski definition) is 2. The Labute approximate surface area is 246 Å². The first-order valence-corrected chi connectivity index (χ1v) is 14.6. The molecule has 1 amide bonds. The standard InChI is InChI=1S/C31H39ClN2O7/c1-34(16-17-40-30(37)33-27-19-28(39-2)21(20-35)18-26(27)32)24-12-14-25(15-13-24)41-29(36)31(38,23-10-6-7-11-23)22-8-4-3-5-9-22/h3-5,8-9,18-20,23-25,38H,6-7,10-17H2,1-2H3,(H,33,37)/t24?,25?,31-/m0/s1. The second-order valence-corrected chi connectivity index (χ2v) is 11.3. The Kier molecular flexibility index (Phi) is 10.6. The highest BCUT2D eigenvalue weighted by molar-refractivity contribution is 6.34. The Morgan fingerprint density at radius 2 is 1.78 bits per heavy atom. The molecule has 0 aromatic heterocycles. The van der Waals surface area contributed by atoms with E-state index in [1.54, 1.807) is 0 Å². The maximum absolute atomic E-state index is 13.4. The number of esters is 1. The molecule has 2 aromatic rings. The van der Waals surface area contributed by atoms with Gasteiger partial charge in [-0.15, -0.1) is 0 Å². The topological polar surface area (TPSA) is 114 Å². The number of methoxy groups -OCH3 is 1. The lowest BCUT2D eigenvalue weighted by Crippen LogP contribution is -2.46. The van der Waals surface area contributed by atoms with E-state index in [1.165, 1.54) is 19.2 Å². The first kappa shape index (κ1) is 30.8. The molecule has 222 valence electrons. The molecule has 2 N–H and O–H groups in total. The summed E-state index contributed by atoms with van der Waals surface area (Å²) in [5.41, 5.74) is -0.445. The molecule has 0 aliphatic heterocycles. The van der Waals surface area contributed by atoms with Gasteiger partial charge in [0.1, 0.15) is 18.5 Å². The van der Waals surface area contributed by atoms with Crippen LogP contribution >= 0.6 is 11.6 Å². The van der Waals surface area contributed by atoms with Gasteiger partial charge in [-0.25, -0.2) is 9.59 Å². The molecule has 41 heavy (non-hydrogen) atoms. The highest BCUT2D eigenvalue weighted by atomic mass is 35.5. The van der Waals surface area contributed by atoms with E-state index < -0.39 is 17.7 Å². The van der Waals surface area contributed by atoms with E-state index in [1.807, 2.05) is 37.4 Å². The number of halogens is 1. The third-order valence-electron chi connectivity index (χ3n) is 8.37. The zero-order chi connectivity index (χ0) is 29.4. The van der Waals surface area contributed by atoms with Crippen LogP contribution in [0.4, 0.5) is 10.5 Å². The Morgan fingerprint density at radius 3 is 2.41 bits per heavy atom. The molecule has 0 bridgehead atoms. The van der Waals surface area contributed by atoms with Crippen molar-refractivity contribution in [3.63, 3.8) is 0 Å². The number of anilines is 1. The van der Waals surface area contributed by atoms with Crippen molar-refractivity contribution >= 4 is 35.6 Å². The lowest BCUT2D eigenvalue weighted by atomic mass is 9.80. The zero-order valence-electron chi connectivity index (χ0n) is 23.6. The number of carbonyl (C=O) groups is 3. The number of nitrogens with one attached hydrogen (secondary N) is 1. The van der Waals surface area contributed by atoms with Crippen LogP contribution in [0.3, 0.4) is 0 Å². The van der Waals surface area contributed by atoms with Gasteiger partial charge in [0.2, 0.25) is 0 Å². The van der Waals surface area contributed by atoms with Gasteiger partial charge in [0, 0.05) is 24.6 Å². The first-order valence-electron chi connectivity index (χ1n) is 14.2. The highest BCUT2D eigenvalue weighted by Crippen LogP contribution is 2.42. The molecule has 0 unspecified atom stereocenters. The Morgan fingerprint density at radius 1 is 1.10 bits per heavy atom. The quantitative estimate of drug-likeness (QED) is 0.259. The second-order valence-electron chi connectivity index (χ2n) is 10.9. The van der Waals surface area contributed by atoms with E-state index in [-0.39, 0.29) is 40.9 Å². The van der Waals surface area contributed by atoms with Crippen LogP contribution in [0.5, 0.6) is 5.75 Å². The van der Waals surface area contributed by atoms with Crippen molar-refractivity contribution in [1.29, 1.82) is 0 Å². The van der Waals surface area contributed by atoms with Gasteiger partial charge in [0.15, 0.2) is 11.9 Å². The van der Waals surface area contributed by atoms with Crippen molar-refractivity contribution < 1.29 is 33.7 Å². The molecule has 9 nitrogen and oxygen atoms in total. The summed E-state index contributed by atoms with van der Waals surface area (Å²) in [6, 6.07) is 12.3. The van der Waals surface area contributed by atoms with Gasteiger partial charge in [-0.1, -0.05) is 54.8 Å². The molecule has 2 aliphatic carbocycles. The lowest BCUT2D eigenvalue weighted by Gasteiger charge is -2.37. The Hall–Kier alpha value is -3.14. The number of aldehydes is 1. The van der Waals surface area contributed by atoms with E-state index in [0.29, 0.717) is 37.0 Å². The number of benzene rings is 2. The predicted molar refractivity (Wildman–Crippen MR) is 155 cm³/mol. The van der Waals surface area contributed by atoms with Gasteiger partial charge in [0.25, 0.3) is 0 Å². The number of carbonyl (C=O) groups excluding carboxylic acids is 3. The number of nitrogens with zero attached hydrogens (tertiary/aromatic N) is 1. The third kappa shape index (κ3) is 7.39. The van der Waals surface area contributed by atoms with E-state index >= 15 is 0 Å². The number of likely N-dealkylation sites (N-methyl/N-ethyl adjacent to an activating group) is 1. The summed E-state index contributed by atoms with van der Waals surface area (Å²) >= 11 is 6.16. The number of amides is 1. The molecule has 0 heterocycles. The Bertz CT molecular complexity index is 1200. The molecular formula is C31H39ClN2O7. The average Bonchev–Trinajstić information content (AvgIpc) is 3.54. The number of hydrogen-bond acceptors (Lipinski definition) is 8. The fourth-order valence-electron chi connectivity index (χ4n) is 5.95. The van der Waals surface area contributed by atoms with Gasteiger partial charge in [-0.3, -0.25) is 10.1 Å². The second kappa shape index (κ2) is 14.2. The first-order chi connectivity index (χ1) is 19.8. The molecule has 1 atom stereocenters. The molecule has 2 aromatic carbocycles. The van der Waals surface area contributed by atoms with Crippen LogP contribution in [0.2, 0.25) is 5.02 Å². The van der Waals surface area contributed by atoms with E-state index in [0.717, 1.165) is 38.5 Å². The zero-order valence-corrected chi connectivity index (χ0v) is 24.4. The fourth-order valence-corrected chi connectivity index (χ4v) is 6.16. The van der Waals surface area contributed by atoms with Crippen LogP contribution < -0.4 is 10.1 Å². The third-order valence-corrected chi connectivity index (χ3v) is 8.68. The van der Waals surface area contributed by atoms with Crippen LogP contribution in [0.25, 0.3) is 0 Å². The van der Waals surface area contributed by atoms with Crippen molar-refractivity contribution in [2.75, 3.05) is 32.6 Å². The smallest absolute Gasteiger partial charge is 0.411 e. The van der Waals surface area contributed by atoms with E-state index in [9.17, 15) is 19.5 Å². The number of aliphatic hydroxyl groups is 1. The van der Waals surface area contributed by atoms with Crippen molar-refractivity contribution in [2.24, 2.45) is 5.92 Å². The van der Waals surface area contributed by atoms with Crippen LogP contribution in [0.15, 0.2) is 42.5 Å². The van der Waals surface area contributed by atoms with Crippen molar-refractivity contribution in [1.82, 2.24) is 4.90 Å². The molecule has 0 saturated heterocycles. The molecule has 10 heteroatoms. The summed E-state index contributed by atoms with van der Waals surface area (Å²) in [6.45, 7) is 0.697. The van der Waals surface area contributed by atoms with Gasteiger partial charge in [-0.05, 0) is 57.2 Å². The summed E-state index contributed by atoms with van der Waals surface area (Å²) in [4.78, 5) is 39.0. The summed E-state index contributed by atoms with van der Waals surface area (Å²) in [7, 11) is 3.40. The van der Waals surface area contributed by atoms with Gasteiger partial charge < -0.3 is 24.2 Å². The normalized spacial score (nSPS) is 20.7. The molecule has 2 aliphatic rings. The number of ether oxygens (including phenoxy) is 3. The van der Waals surface area contributed by atoms with Crippen LogP contribution in [-0.4, -0.2) is 67.8 Å². The minimum atomic E-state index is -1.62. The van der Waals surface area contributed by atoms with Crippen LogP contribution in [0, 0.1) is 5.92 Å². The van der Waals surface area contributed by atoms with Gasteiger partial charge >= 0.3 is 12.1 Å². The monoisotopic (exact) mass is 586 g/mol. The maximum atomic E-state index is 13.4. The molecule has 0 spiro atoms. The lowest BCUT2D eigenvalue weighted by molar-refractivity contribution is -0.181. The molecule has 2 saturated carbocycles. The van der Waals surface area contributed by atoms with Gasteiger partial charge in [-0.2, -0.15) is 0 Å². The maximum Gasteiger partial charge on any atom is 0.411 e. The Balaban J connectivity index is 1.23. The summed E-state index contributed by atoms with van der Waals surface area (Å²) in [5.74, 6) is -0.375. The largest absolute Gasteiger partial charge is 0.496 e. The molecular weight excluding hydrogens is 548 g/mol. The van der Waals surface area contributed by atoms with E-state index in [4.69, 9.17) is 25.8 Å². The SMILES string of the molecule is COc1cc(NC(=O)OCCN(C)C2CCC(OC(=O)[C@](O)(c3ccccc3)C3CCCC3)CC2)c(Cl)cc1C=O. The van der Waals surface area contributed by atoms with E-state index in [2.05, 4.69) is 10.2 Å². The summed E-state index contributed by atoms with van der Waals surface area (Å²) in [6.07, 6.45) is 6.42. The average molecular weight is 587 g/mol. The van der Waals surface area contributed by atoms with Crippen molar-refractivity contribution in [3.05, 3.63) is 58.6 Å². The van der Waals surface area contributed by atoms with Gasteiger partial charge in [0.05, 0.1) is 23.4 Å². The summed E-state index contributed by atoms with van der Waals surface area (Å²) in [5, 5.41) is 14.4.